The van der Waals surface area contributed by atoms with Crippen molar-refractivity contribution in [3.05, 3.63) is 11.8 Å². The van der Waals surface area contributed by atoms with Crippen molar-refractivity contribution in [1.29, 1.82) is 0 Å². The van der Waals surface area contributed by atoms with Crippen LogP contribution in [0.25, 0.3) is 0 Å². The van der Waals surface area contributed by atoms with E-state index >= 15 is 0 Å². The molecule has 0 radical (unpaired) electrons. The van der Waals surface area contributed by atoms with Gasteiger partial charge in [0.2, 0.25) is 11.9 Å². The van der Waals surface area contributed by atoms with Gasteiger partial charge in [-0.25, -0.2) is 0 Å². The van der Waals surface area contributed by atoms with Gasteiger partial charge >= 0.3 is 6.18 Å². The van der Waals surface area contributed by atoms with Gasteiger partial charge in [-0.2, -0.15) is 13.2 Å². The third kappa shape index (κ3) is 1.43. The number of hydrogen-bond acceptors (Lipinski definition) is 2. The number of quaternary nitrogens is 1. The number of amidine groups is 1. The van der Waals surface area contributed by atoms with Gasteiger partial charge in [-0.15, -0.1) is 0 Å². The Hall–Kier alpha value is -1.24. The first-order chi connectivity index (χ1) is 6.21. The molecule has 4 nitrogen and oxygen atoms in total. The molecule has 14 heavy (non-hydrogen) atoms. The minimum Gasteiger partial charge on any atom is -0.409 e. The maximum Gasteiger partial charge on any atom is 0.446 e. The Kier molecular flexibility index (Phi) is 2.23. The number of rotatable bonds is 1. The van der Waals surface area contributed by atoms with E-state index in [4.69, 9.17) is 10.9 Å². The van der Waals surface area contributed by atoms with Crippen LogP contribution in [0.4, 0.5) is 13.2 Å². The Balaban J connectivity index is 2.99. The van der Waals surface area contributed by atoms with E-state index in [0.29, 0.717) is 0 Å². The summed E-state index contributed by atoms with van der Waals surface area (Å²) in [7, 11) is 2.71. The number of nitrogens with two attached hydrogens (primary N) is 1. The summed E-state index contributed by atoms with van der Waals surface area (Å²) in [5.74, 6) is -0.282. The van der Waals surface area contributed by atoms with Gasteiger partial charge in [-0.05, 0) is 0 Å². The van der Waals surface area contributed by atoms with Gasteiger partial charge in [0.15, 0.2) is 5.70 Å². The van der Waals surface area contributed by atoms with E-state index in [1.165, 1.54) is 14.1 Å². The highest BCUT2D eigenvalue weighted by Crippen LogP contribution is 2.39. The molecule has 0 aromatic rings. The highest BCUT2D eigenvalue weighted by Gasteiger charge is 2.58. The summed E-state index contributed by atoms with van der Waals surface area (Å²) in [5, 5.41) is 11.0. The fraction of sp³-hybridized carbons (Fsp3) is 0.571. The molecule has 1 aliphatic rings. The summed E-state index contributed by atoms with van der Waals surface area (Å²) in [6.07, 6.45) is -3.35. The quantitative estimate of drug-likeness (QED) is 0.219. The van der Waals surface area contributed by atoms with Crippen molar-refractivity contribution in [3.8, 4) is 0 Å². The molecule has 0 fully saturated rings. The minimum absolute atomic E-state index is 0.176. The number of halogens is 3. The van der Waals surface area contributed by atoms with Crippen LogP contribution in [-0.4, -0.2) is 41.8 Å². The number of oxime groups is 1. The van der Waals surface area contributed by atoms with Gasteiger partial charge in [-0.3, -0.25) is 4.48 Å². The first kappa shape index (κ1) is 10.8. The fourth-order valence-electron chi connectivity index (χ4n) is 1.49. The van der Waals surface area contributed by atoms with Crippen molar-refractivity contribution in [2.75, 3.05) is 14.1 Å². The van der Waals surface area contributed by atoms with Crippen LogP contribution in [0.15, 0.2) is 16.9 Å². The predicted molar refractivity (Wildman–Crippen MR) is 43.4 cm³/mol. The molecule has 0 spiro atoms. The average Bonchev–Trinajstić information content (AvgIpc) is 1.99. The second-order valence-corrected chi connectivity index (χ2v) is 3.56. The molecule has 0 amide bonds. The molecular weight excluding hydrogens is 199 g/mol. The lowest BCUT2D eigenvalue weighted by molar-refractivity contribution is -0.898. The Morgan fingerprint density at radius 1 is 1.57 bits per heavy atom. The molecule has 1 rings (SSSR count). The topological polar surface area (TPSA) is 58.6 Å². The van der Waals surface area contributed by atoms with Crippen molar-refractivity contribution in [3.63, 3.8) is 0 Å². The van der Waals surface area contributed by atoms with Crippen molar-refractivity contribution < 1.29 is 22.9 Å². The van der Waals surface area contributed by atoms with Crippen molar-refractivity contribution in [2.24, 2.45) is 10.9 Å². The SMILES string of the molecule is C[N+]1(C)C(C(N)=NO)=CC1C(F)(F)F. The smallest absolute Gasteiger partial charge is 0.409 e. The van der Waals surface area contributed by atoms with Crippen LogP contribution in [-0.2, 0) is 0 Å². The van der Waals surface area contributed by atoms with Gasteiger partial charge in [0, 0.05) is 6.08 Å². The number of likely N-dealkylation sites (N-methyl/N-ethyl adjacent to an activating group) is 1. The van der Waals surface area contributed by atoms with Gasteiger partial charge in [0.25, 0.3) is 0 Å². The lowest BCUT2D eigenvalue weighted by Gasteiger charge is -2.44. The lowest BCUT2D eigenvalue weighted by atomic mass is 10.0. The summed E-state index contributed by atoms with van der Waals surface area (Å²) in [6.45, 7) is 0. The van der Waals surface area contributed by atoms with E-state index < -0.39 is 16.7 Å². The van der Waals surface area contributed by atoms with Gasteiger partial charge in [0.05, 0.1) is 14.1 Å². The molecule has 0 aromatic heterocycles. The Labute approximate surface area is 78.7 Å². The largest absolute Gasteiger partial charge is 0.446 e. The normalized spacial score (nSPS) is 26.8. The third-order valence-corrected chi connectivity index (χ3v) is 2.34. The van der Waals surface area contributed by atoms with E-state index in [1.807, 2.05) is 0 Å². The molecule has 0 saturated heterocycles. The average molecular weight is 210 g/mol. The molecule has 0 aromatic carbocycles. The second kappa shape index (κ2) is 2.88. The molecule has 1 atom stereocenters. The van der Waals surface area contributed by atoms with Crippen LogP contribution in [0.1, 0.15) is 0 Å². The second-order valence-electron chi connectivity index (χ2n) is 3.56. The van der Waals surface area contributed by atoms with Crippen LogP contribution < -0.4 is 5.73 Å². The first-order valence-corrected chi connectivity index (χ1v) is 3.82. The van der Waals surface area contributed by atoms with E-state index in [9.17, 15) is 13.2 Å². The van der Waals surface area contributed by atoms with Crippen LogP contribution in [0.2, 0.25) is 0 Å². The summed E-state index contributed by atoms with van der Waals surface area (Å²) < 4.78 is 36.6. The van der Waals surface area contributed by atoms with Crippen LogP contribution in [0, 0.1) is 0 Å². The van der Waals surface area contributed by atoms with Gasteiger partial charge < -0.3 is 10.9 Å². The van der Waals surface area contributed by atoms with E-state index in [0.717, 1.165) is 6.08 Å². The van der Waals surface area contributed by atoms with E-state index in [-0.39, 0.29) is 11.5 Å². The molecule has 3 N–H and O–H groups in total. The summed E-state index contributed by atoms with van der Waals surface area (Å²) in [5.41, 5.74) is 5.38. The first-order valence-electron chi connectivity index (χ1n) is 3.82. The van der Waals surface area contributed by atoms with Gasteiger partial charge in [0.1, 0.15) is 0 Å². The summed E-state index contributed by atoms with van der Waals surface area (Å²) in [4.78, 5) is 0. The van der Waals surface area contributed by atoms with Crippen molar-refractivity contribution >= 4 is 5.84 Å². The Morgan fingerprint density at radius 3 is 2.36 bits per heavy atom. The molecule has 0 saturated carbocycles. The minimum atomic E-state index is -4.30. The maximum absolute atomic E-state index is 12.3. The van der Waals surface area contributed by atoms with Gasteiger partial charge in [-0.1, -0.05) is 5.16 Å². The third-order valence-electron chi connectivity index (χ3n) is 2.34. The molecule has 0 aliphatic carbocycles. The molecule has 1 aliphatic heterocycles. The molecule has 80 valence electrons. The Bertz CT molecular complexity index is 306. The zero-order valence-corrected chi connectivity index (χ0v) is 7.71. The number of hydrogen-bond donors (Lipinski definition) is 2. The summed E-state index contributed by atoms with van der Waals surface area (Å²) in [6, 6.07) is -1.59. The molecule has 7 heteroatoms. The van der Waals surface area contributed by atoms with Crippen LogP contribution >= 0.6 is 0 Å². The zero-order chi connectivity index (χ0) is 11.1. The Morgan fingerprint density at radius 2 is 2.07 bits per heavy atom. The maximum atomic E-state index is 12.3. The van der Waals surface area contributed by atoms with Crippen LogP contribution in [0.3, 0.4) is 0 Å². The van der Waals surface area contributed by atoms with Crippen molar-refractivity contribution in [2.45, 2.75) is 12.2 Å². The van der Waals surface area contributed by atoms with Crippen molar-refractivity contribution in [1.82, 2.24) is 0 Å². The van der Waals surface area contributed by atoms with Crippen LogP contribution in [0.5, 0.6) is 0 Å². The molecule has 1 unspecified atom stereocenters. The standard InChI is InChI=1S/C7H10F3N3O/c1-13(2)4(6(11)12-14)3-5(13)7(8,9)10/h3,5H,1-2H3,(H2-,11,12,14)/p+1. The summed E-state index contributed by atoms with van der Waals surface area (Å²) >= 11 is 0. The molecule has 1 heterocycles. The monoisotopic (exact) mass is 210 g/mol. The molecule has 0 bridgehead atoms. The van der Waals surface area contributed by atoms with E-state index in [2.05, 4.69) is 5.16 Å². The zero-order valence-electron chi connectivity index (χ0n) is 7.71. The molecular formula is C7H11F3N3O+. The van der Waals surface area contributed by atoms with E-state index in [1.54, 1.807) is 0 Å². The number of alkyl halides is 3. The fourth-order valence-corrected chi connectivity index (χ4v) is 1.49. The predicted octanol–water partition coefficient (Wildman–Crippen LogP) is 0.638. The lowest BCUT2D eigenvalue weighted by Crippen LogP contribution is -2.63. The highest BCUT2D eigenvalue weighted by atomic mass is 19.4. The highest BCUT2D eigenvalue weighted by molar-refractivity contribution is 5.95. The number of nitrogens with zero attached hydrogens (tertiary/aromatic N) is 2.